The van der Waals surface area contributed by atoms with Gasteiger partial charge in [-0.15, -0.1) is 0 Å². The minimum absolute atomic E-state index is 0.0437. The van der Waals surface area contributed by atoms with E-state index in [9.17, 15) is 4.79 Å². The van der Waals surface area contributed by atoms with Crippen molar-refractivity contribution in [2.75, 3.05) is 26.6 Å². The highest BCUT2D eigenvalue weighted by Crippen LogP contribution is 2.51. The van der Waals surface area contributed by atoms with Crippen molar-refractivity contribution >= 4 is 23.3 Å². The molecule has 2 heterocycles. The normalized spacial score (nSPS) is 19.3. The molecule has 7 nitrogen and oxygen atoms in total. The maximum absolute atomic E-state index is 13.7. The minimum Gasteiger partial charge on any atom is -0.493 e. The first-order valence-corrected chi connectivity index (χ1v) is 11.4. The molecule has 0 amide bonds. The van der Waals surface area contributed by atoms with Crippen LogP contribution in [-0.4, -0.2) is 32.3 Å². The number of rotatable bonds is 5. The Morgan fingerprint density at radius 2 is 1.68 bits per heavy atom. The van der Waals surface area contributed by atoms with Crippen molar-refractivity contribution in [3.8, 4) is 17.2 Å². The third kappa shape index (κ3) is 3.60. The summed E-state index contributed by atoms with van der Waals surface area (Å²) in [5, 5.41) is 8.21. The molecule has 1 N–H and O–H groups in total. The number of methoxy groups -OCH3 is 3. The summed E-state index contributed by atoms with van der Waals surface area (Å²) in [6, 6.07) is 11.4. The molecule has 0 fully saturated rings. The van der Waals surface area contributed by atoms with Crippen LogP contribution in [0.15, 0.2) is 52.2 Å². The lowest BCUT2D eigenvalue weighted by atomic mass is 9.72. The fourth-order valence-electron chi connectivity index (χ4n) is 5.04. The number of aryl methyl sites for hydroxylation is 1. The van der Waals surface area contributed by atoms with Gasteiger partial charge in [-0.3, -0.25) is 4.79 Å². The minimum atomic E-state index is -0.370. The fraction of sp³-hybridized carbons (Fsp3) is 0.308. The van der Waals surface area contributed by atoms with Crippen LogP contribution in [0, 0.1) is 6.92 Å². The quantitative estimate of drug-likeness (QED) is 0.507. The van der Waals surface area contributed by atoms with Crippen LogP contribution < -0.4 is 19.5 Å². The van der Waals surface area contributed by atoms with E-state index in [-0.39, 0.29) is 17.6 Å². The molecule has 0 saturated heterocycles. The first kappa shape index (κ1) is 22.3. The molecule has 176 valence electrons. The van der Waals surface area contributed by atoms with Crippen molar-refractivity contribution in [3.63, 3.8) is 0 Å². The lowest BCUT2D eigenvalue weighted by Gasteiger charge is -2.34. The van der Waals surface area contributed by atoms with Crippen LogP contribution in [0.4, 0.5) is 5.88 Å². The number of carbonyl (C=O) groups is 1. The van der Waals surface area contributed by atoms with Gasteiger partial charge in [0.05, 0.1) is 32.6 Å². The molecule has 0 bridgehead atoms. The average Bonchev–Trinajstić information content (AvgIpc) is 3.22. The highest BCUT2D eigenvalue weighted by atomic mass is 35.5. The topological polar surface area (TPSA) is 82.8 Å². The Hall–Kier alpha value is -3.45. The van der Waals surface area contributed by atoms with E-state index in [2.05, 4.69) is 10.5 Å². The van der Waals surface area contributed by atoms with Gasteiger partial charge in [0.2, 0.25) is 11.6 Å². The van der Waals surface area contributed by atoms with Gasteiger partial charge in [0.15, 0.2) is 17.3 Å². The van der Waals surface area contributed by atoms with Gasteiger partial charge in [-0.25, -0.2) is 0 Å². The van der Waals surface area contributed by atoms with E-state index in [4.69, 9.17) is 30.3 Å². The number of hydrogen-bond donors (Lipinski definition) is 1. The second-order valence-electron chi connectivity index (χ2n) is 8.50. The van der Waals surface area contributed by atoms with Crippen molar-refractivity contribution in [1.29, 1.82) is 0 Å². The van der Waals surface area contributed by atoms with Gasteiger partial charge in [-0.05, 0) is 54.7 Å². The second-order valence-corrected chi connectivity index (χ2v) is 8.94. The van der Waals surface area contributed by atoms with Gasteiger partial charge in [-0.2, -0.15) is 0 Å². The highest BCUT2D eigenvalue weighted by molar-refractivity contribution is 6.30. The lowest BCUT2D eigenvalue weighted by molar-refractivity contribution is -0.116. The summed E-state index contributed by atoms with van der Waals surface area (Å²) >= 11 is 6.07. The summed E-state index contributed by atoms with van der Waals surface area (Å²) in [4.78, 5) is 13.7. The standard InChI is InChI=1S/C26H25ClN2O5/c1-13-22-23(16-11-20(31-2)25(33-4)21(12-16)32-3)24-18(28-26(22)34-29-13)9-15(10-19(24)30)14-5-7-17(27)8-6-14/h5-8,11-12,15,23,28H,9-10H2,1-4H3/t15-,23+/m1/s1. The van der Waals surface area contributed by atoms with Gasteiger partial charge >= 0.3 is 0 Å². The molecule has 1 aromatic heterocycles. The average molecular weight is 481 g/mol. The van der Waals surface area contributed by atoms with Crippen molar-refractivity contribution in [3.05, 3.63) is 75.1 Å². The van der Waals surface area contributed by atoms with Crippen LogP contribution in [0.25, 0.3) is 0 Å². The van der Waals surface area contributed by atoms with E-state index in [1.807, 2.05) is 43.3 Å². The summed E-state index contributed by atoms with van der Waals surface area (Å²) < 4.78 is 22.3. The third-order valence-electron chi connectivity index (χ3n) is 6.62. The largest absolute Gasteiger partial charge is 0.493 e. The van der Waals surface area contributed by atoms with E-state index in [1.54, 1.807) is 21.3 Å². The van der Waals surface area contributed by atoms with Gasteiger partial charge in [0, 0.05) is 28.6 Å². The van der Waals surface area contributed by atoms with Crippen LogP contribution in [0.5, 0.6) is 17.2 Å². The fourth-order valence-corrected chi connectivity index (χ4v) is 5.17. The van der Waals surface area contributed by atoms with Crippen LogP contribution in [0.1, 0.15) is 47.1 Å². The molecular weight excluding hydrogens is 456 g/mol. The number of nitrogens with zero attached hydrogens (tertiary/aromatic N) is 1. The number of anilines is 1. The Balaban J connectivity index is 1.65. The molecule has 0 unspecified atom stereocenters. The molecule has 2 atom stereocenters. The number of ether oxygens (including phenoxy) is 3. The molecule has 2 aromatic carbocycles. The molecule has 0 saturated carbocycles. The SMILES string of the molecule is COc1cc([C@@H]2C3=C(C[C@@H](c4ccc(Cl)cc4)CC3=O)Nc3onc(C)c32)cc(OC)c1OC. The van der Waals surface area contributed by atoms with Crippen LogP contribution >= 0.6 is 11.6 Å². The highest BCUT2D eigenvalue weighted by Gasteiger charge is 2.41. The predicted molar refractivity (Wildman–Crippen MR) is 128 cm³/mol. The summed E-state index contributed by atoms with van der Waals surface area (Å²) in [5.41, 5.74) is 5.05. The molecule has 1 aliphatic heterocycles. The van der Waals surface area contributed by atoms with Crippen LogP contribution in [-0.2, 0) is 4.79 Å². The van der Waals surface area contributed by atoms with E-state index < -0.39 is 0 Å². The number of halogens is 1. The molecule has 0 radical (unpaired) electrons. The monoisotopic (exact) mass is 480 g/mol. The summed E-state index contributed by atoms with van der Waals surface area (Å²) in [5.74, 6) is 1.85. The van der Waals surface area contributed by atoms with Crippen molar-refractivity contribution in [2.24, 2.45) is 0 Å². The van der Waals surface area contributed by atoms with E-state index >= 15 is 0 Å². The Morgan fingerprint density at radius 1 is 1.00 bits per heavy atom. The first-order valence-electron chi connectivity index (χ1n) is 11.0. The van der Waals surface area contributed by atoms with Crippen LogP contribution in [0.3, 0.4) is 0 Å². The lowest BCUT2D eigenvalue weighted by Crippen LogP contribution is -2.29. The van der Waals surface area contributed by atoms with Crippen molar-refractivity contribution in [2.45, 2.75) is 31.6 Å². The zero-order chi connectivity index (χ0) is 24.0. The number of hydrogen-bond acceptors (Lipinski definition) is 7. The number of allylic oxidation sites excluding steroid dienone is 2. The Kier molecular flexibility index (Phi) is 5.73. The molecule has 0 spiro atoms. The third-order valence-corrected chi connectivity index (χ3v) is 6.87. The number of aromatic nitrogens is 1. The summed E-state index contributed by atoms with van der Waals surface area (Å²) in [6.07, 6.45) is 1.07. The molecular formula is C26H25ClN2O5. The molecule has 2 aliphatic rings. The van der Waals surface area contributed by atoms with Gasteiger partial charge in [0.1, 0.15) is 0 Å². The van der Waals surface area contributed by atoms with E-state index in [1.165, 1.54) is 0 Å². The summed E-state index contributed by atoms with van der Waals surface area (Å²) in [7, 11) is 4.72. The molecule has 1 aliphatic carbocycles. The molecule has 34 heavy (non-hydrogen) atoms. The number of ketones is 1. The second kappa shape index (κ2) is 8.72. The molecule has 5 rings (SSSR count). The molecule has 8 heteroatoms. The Morgan fingerprint density at radius 3 is 2.29 bits per heavy atom. The van der Waals surface area contributed by atoms with E-state index in [0.717, 1.165) is 33.7 Å². The number of Topliss-reactive ketones (excluding diaryl/α,β-unsaturated/α-hetero) is 1. The number of nitrogens with one attached hydrogen (secondary N) is 1. The first-order chi connectivity index (χ1) is 16.4. The Bertz CT molecular complexity index is 1270. The van der Waals surface area contributed by atoms with Gasteiger partial charge in [-0.1, -0.05) is 28.9 Å². The van der Waals surface area contributed by atoms with Crippen molar-refractivity contribution < 1.29 is 23.5 Å². The maximum Gasteiger partial charge on any atom is 0.233 e. The van der Waals surface area contributed by atoms with Gasteiger partial charge in [0.25, 0.3) is 0 Å². The van der Waals surface area contributed by atoms with Crippen molar-refractivity contribution in [1.82, 2.24) is 5.16 Å². The van der Waals surface area contributed by atoms with Crippen LogP contribution in [0.2, 0.25) is 5.02 Å². The summed E-state index contributed by atoms with van der Waals surface area (Å²) in [6.45, 7) is 1.88. The zero-order valence-electron chi connectivity index (χ0n) is 19.4. The smallest absolute Gasteiger partial charge is 0.233 e. The molecule has 3 aromatic rings. The number of benzene rings is 2. The zero-order valence-corrected chi connectivity index (χ0v) is 20.2. The van der Waals surface area contributed by atoms with E-state index in [0.29, 0.717) is 41.0 Å². The predicted octanol–water partition coefficient (Wildman–Crippen LogP) is 5.62. The van der Waals surface area contributed by atoms with Gasteiger partial charge < -0.3 is 24.1 Å². The Labute approximate surface area is 202 Å². The number of fused-ring (bicyclic) bond motifs is 1. The maximum atomic E-state index is 13.7. The number of carbonyl (C=O) groups excluding carboxylic acids is 1.